The SMILES string of the molecule is COc1cc(/C=C(/C#N)C(=O)NCCCc2ccccc2)cc(Cl)c1OCC(=O)Nc1ccc(F)cc1. The molecule has 0 aliphatic carbocycles. The number of aryl methyl sites for hydroxylation is 1. The molecule has 0 aliphatic rings. The fourth-order valence-electron chi connectivity index (χ4n) is 3.38. The highest BCUT2D eigenvalue weighted by molar-refractivity contribution is 6.32. The van der Waals surface area contributed by atoms with Crippen LogP contribution in [0, 0.1) is 17.1 Å². The third-order valence-corrected chi connectivity index (χ3v) is 5.45. The van der Waals surface area contributed by atoms with Gasteiger partial charge < -0.3 is 20.1 Å². The lowest BCUT2D eigenvalue weighted by Gasteiger charge is -2.13. The normalized spacial score (nSPS) is 10.8. The second-order valence-corrected chi connectivity index (χ2v) is 8.30. The van der Waals surface area contributed by atoms with E-state index in [-0.39, 0.29) is 28.7 Å². The molecule has 0 aliphatic heterocycles. The van der Waals surface area contributed by atoms with Crippen LogP contribution >= 0.6 is 11.6 Å². The summed E-state index contributed by atoms with van der Waals surface area (Å²) in [6.07, 6.45) is 2.93. The lowest BCUT2D eigenvalue weighted by molar-refractivity contribution is -0.118. The largest absolute Gasteiger partial charge is 0.493 e. The Kier molecular flexibility index (Phi) is 10.1. The Hall–Kier alpha value is -4.35. The summed E-state index contributed by atoms with van der Waals surface area (Å²) in [4.78, 5) is 24.7. The molecular formula is C28H25ClFN3O4. The van der Waals surface area contributed by atoms with Gasteiger partial charge in [0.2, 0.25) is 0 Å². The topological polar surface area (TPSA) is 100 Å². The summed E-state index contributed by atoms with van der Waals surface area (Å²) in [5.41, 5.74) is 1.94. The van der Waals surface area contributed by atoms with Gasteiger partial charge >= 0.3 is 0 Å². The Bertz CT molecular complexity index is 1310. The number of benzene rings is 3. The van der Waals surface area contributed by atoms with Crippen molar-refractivity contribution < 1.29 is 23.5 Å². The molecule has 9 heteroatoms. The molecule has 0 unspecified atom stereocenters. The van der Waals surface area contributed by atoms with Crippen molar-refractivity contribution in [2.45, 2.75) is 12.8 Å². The van der Waals surface area contributed by atoms with Gasteiger partial charge in [0.25, 0.3) is 11.8 Å². The van der Waals surface area contributed by atoms with E-state index in [4.69, 9.17) is 21.1 Å². The summed E-state index contributed by atoms with van der Waals surface area (Å²) in [6.45, 7) is 0.0427. The first-order valence-electron chi connectivity index (χ1n) is 11.4. The van der Waals surface area contributed by atoms with E-state index in [1.807, 2.05) is 36.4 Å². The molecule has 3 rings (SSSR count). The van der Waals surface area contributed by atoms with Crippen LogP contribution in [0.5, 0.6) is 11.5 Å². The molecule has 2 N–H and O–H groups in total. The van der Waals surface area contributed by atoms with E-state index in [9.17, 15) is 19.2 Å². The molecule has 0 spiro atoms. The van der Waals surface area contributed by atoms with Crippen LogP contribution in [0.2, 0.25) is 5.02 Å². The smallest absolute Gasteiger partial charge is 0.262 e. The second kappa shape index (κ2) is 13.7. The Labute approximate surface area is 219 Å². The highest BCUT2D eigenvalue weighted by Crippen LogP contribution is 2.37. The maximum absolute atomic E-state index is 13.0. The van der Waals surface area contributed by atoms with E-state index < -0.39 is 17.6 Å². The predicted octanol–water partition coefficient (Wildman–Crippen LogP) is 5.16. The van der Waals surface area contributed by atoms with Gasteiger partial charge in [-0.25, -0.2) is 4.39 Å². The van der Waals surface area contributed by atoms with Gasteiger partial charge in [-0.1, -0.05) is 41.9 Å². The molecule has 0 aromatic heterocycles. The number of nitriles is 1. The standard InChI is InChI=1S/C28H25ClFN3O4/c1-36-25-16-20(14-21(17-31)28(35)32-13-5-8-19-6-3-2-4-7-19)15-24(29)27(25)37-18-26(34)33-23-11-9-22(30)10-12-23/h2-4,6-7,9-12,14-16H,5,8,13,18H2,1H3,(H,32,35)(H,33,34)/b21-14-. The number of halogens is 2. The van der Waals surface area contributed by atoms with Crippen molar-refractivity contribution in [1.29, 1.82) is 5.26 Å². The minimum atomic E-state index is -0.497. The van der Waals surface area contributed by atoms with Crippen LogP contribution in [0.25, 0.3) is 6.08 Å². The summed E-state index contributed by atoms with van der Waals surface area (Å²) in [5, 5.41) is 14.9. The van der Waals surface area contributed by atoms with Crippen LogP contribution in [0.3, 0.4) is 0 Å². The van der Waals surface area contributed by atoms with Crippen LogP contribution in [0.1, 0.15) is 17.5 Å². The highest BCUT2D eigenvalue weighted by Gasteiger charge is 2.15. The van der Waals surface area contributed by atoms with E-state index in [0.717, 1.165) is 12.8 Å². The molecule has 0 bridgehead atoms. The number of carbonyl (C=O) groups excluding carboxylic acids is 2. The first-order chi connectivity index (χ1) is 17.9. The van der Waals surface area contributed by atoms with Crippen LogP contribution in [-0.4, -0.2) is 32.1 Å². The van der Waals surface area contributed by atoms with Gasteiger partial charge in [-0.05, 0) is 66.4 Å². The summed E-state index contributed by atoms with van der Waals surface area (Å²) in [5.74, 6) is -1.05. The number of nitrogens with one attached hydrogen (secondary N) is 2. The molecule has 0 fully saturated rings. The molecule has 0 atom stereocenters. The molecular weight excluding hydrogens is 497 g/mol. The molecule has 3 aromatic rings. The average Bonchev–Trinajstić information content (AvgIpc) is 2.90. The van der Waals surface area contributed by atoms with Crippen molar-refractivity contribution in [2.24, 2.45) is 0 Å². The molecule has 0 saturated heterocycles. The Morgan fingerprint density at radius 1 is 1.11 bits per heavy atom. The van der Waals surface area contributed by atoms with Gasteiger partial charge in [0, 0.05) is 12.2 Å². The van der Waals surface area contributed by atoms with E-state index in [0.29, 0.717) is 17.8 Å². The molecule has 7 nitrogen and oxygen atoms in total. The fraction of sp³-hybridized carbons (Fsp3) is 0.179. The van der Waals surface area contributed by atoms with Gasteiger partial charge in [-0.3, -0.25) is 9.59 Å². The van der Waals surface area contributed by atoms with Gasteiger partial charge in [0.1, 0.15) is 17.5 Å². The van der Waals surface area contributed by atoms with Gasteiger partial charge in [0.05, 0.1) is 12.1 Å². The van der Waals surface area contributed by atoms with E-state index in [1.165, 1.54) is 49.1 Å². The zero-order valence-electron chi connectivity index (χ0n) is 20.1. The maximum atomic E-state index is 13.0. The summed E-state index contributed by atoms with van der Waals surface area (Å²) in [7, 11) is 1.40. The number of ether oxygens (including phenoxy) is 2. The summed E-state index contributed by atoms with van der Waals surface area (Å²) < 4.78 is 23.9. The highest BCUT2D eigenvalue weighted by atomic mass is 35.5. The van der Waals surface area contributed by atoms with Gasteiger partial charge in [-0.15, -0.1) is 0 Å². The Morgan fingerprint density at radius 2 is 1.84 bits per heavy atom. The van der Waals surface area contributed by atoms with Crippen molar-refractivity contribution in [3.63, 3.8) is 0 Å². The first kappa shape index (κ1) is 27.2. The van der Waals surface area contributed by atoms with Crippen LogP contribution < -0.4 is 20.1 Å². The predicted molar refractivity (Wildman–Crippen MR) is 140 cm³/mol. The quantitative estimate of drug-likeness (QED) is 0.206. The van der Waals surface area contributed by atoms with Crippen molar-refractivity contribution in [3.8, 4) is 17.6 Å². The third-order valence-electron chi connectivity index (χ3n) is 5.17. The molecule has 190 valence electrons. The second-order valence-electron chi connectivity index (χ2n) is 7.89. The Balaban J connectivity index is 1.61. The minimum absolute atomic E-state index is 0.0924. The summed E-state index contributed by atoms with van der Waals surface area (Å²) >= 11 is 6.35. The van der Waals surface area contributed by atoms with E-state index >= 15 is 0 Å². The molecule has 3 aromatic carbocycles. The number of hydrogen-bond donors (Lipinski definition) is 2. The first-order valence-corrected chi connectivity index (χ1v) is 11.8. The van der Waals surface area contributed by atoms with Crippen molar-refractivity contribution in [3.05, 3.63) is 94.3 Å². The third kappa shape index (κ3) is 8.37. The number of hydrogen-bond acceptors (Lipinski definition) is 5. The van der Waals surface area contributed by atoms with Crippen molar-refractivity contribution >= 4 is 35.2 Å². The fourth-order valence-corrected chi connectivity index (χ4v) is 3.65. The number of anilines is 1. The number of nitrogens with zero attached hydrogens (tertiary/aromatic N) is 1. The average molecular weight is 522 g/mol. The van der Waals surface area contributed by atoms with Gasteiger partial charge in [0.15, 0.2) is 18.1 Å². The molecule has 0 heterocycles. The lowest BCUT2D eigenvalue weighted by Crippen LogP contribution is -2.25. The molecule has 37 heavy (non-hydrogen) atoms. The Morgan fingerprint density at radius 3 is 2.51 bits per heavy atom. The van der Waals surface area contributed by atoms with Crippen molar-refractivity contribution in [2.75, 3.05) is 25.6 Å². The molecule has 0 saturated carbocycles. The number of rotatable bonds is 11. The van der Waals surface area contributed by atoms with Crippen molar-refractivity contribution in [1.82, 2.24) is 5.32 Å². The zero-order chi connectivity index (χ0) is 26.6. The minimum Gasteiger partial charge on any atom is -0.493 e. The molecule has 2 amide bonds. The maximum Gasteiger partial charge on any atom is 0.262 e. The van der Waals surface area contributed by atoms with E-state index in [2.05, 4.69) is 10.6 Å². The monoisotopic (exact) mass is 521 g/mol. The zero-order valence-corrected chi connectivity index (χ0v) is 20.8. The summed E-state index contributed by atoms with van der Waals surface area (Å²) in [6, 6.07) is 20.1. The van der Waals surface area contributed by atoms with Gasteiger partial charge in [-0.2, -0.15) is 5.26 Å². The molecule has 0 radical (unpaired) electrons. The number of amides is 2. The van der Waals surface area contributed by atoms with E-state index in [1.54, 1.807) is 6.07 Å². The number of methoxy groups -OCH3 is 1. The van der Waals surface area contributed by atoms with Crippen LogP contribution in [0.15, 0.2) is 72.3 Å². The lowest BCUT2D eigenvalue weighted by atomic mass is 10.1. The van der Waals surface area contributed by atoms with Crippen LogP contribution in [-0.2, 0) is 16.0 Å². The van der Waals surface area contributed by atoms with Crippen LogP contribution in [0.4, 0.5) is 10.1 Å². The number of carbonyl (C=O) groups is 2.